The van der Waals surface area contributed by atoms with E-state index < -0.39 is 22.6 Å². The van der Waals surface area contributed by atoms with Gasteiger partial charge in [-0.25, -0.2) is 0 Å². The molecule has 0 saturated carbocycles. The molecule has 0 saturated heterocycles. The van der Waals surface area contributed by atoms with Gasteiger partial charge in [0.2, 0.25) is 0 Å². The van der Waals surface area contributed by atoms with Gasteiger partial charge in [-0.05, 0) is 45.2 Å². The first kappa shape index (κ1) is 15.9. The third kappa shape index (κ3) is 10.4. The van der Waals surface area contributed by atoms with Crippen molar-refractivity contribution in [2.24, 2.45) is 0 Å². The molecular weight excluding hydrogens is 236 g/mol. The van der Waals surface area contributed by atoms with E-state index in [1.54, 1.807) is 0 Å². The molecule has 0 aliphatic carbocycles. The van der Waals surface area contributed by atoms with Gasteiger partial charge in [-0.1, -0.05) is 12.8 Å². The molecule has 1 N–H and O–H groups in total. The predicted octanol–water partition coefficient (Wildman–Crippen LogP) is 3.69. The molecule has 0 unspecified atom stereocenters. The largest absolute Gasteiger partial charge is 0.481 e. The minimum Gasteiger partial charge on any atom is -0.481 e. The number of unbranched alkanes of at least 4 members (excludes halogenated alkanes) is 2. The average molecular weight is 262 g/mol. The lowest BCUT2D eigenvalue weighted by Gasteiger charge is -2.31. The van der Waals surface area contributed by atoms with Crippen LogP contribution in [0.2, 0.25) is 38.8 Å². The molecule has 0 aliphatic heterocycles. The Labute approximate surface area is 101 Å². The molecule has 0 aliphatic rings. The van der Waals surface area contributed by atoms with Gasteiger partial charge in [0.05, 0.1) is 0 Å². The van der Waals surface area contributed by atoms with Crippen LogP contribution in [0.3, 0.4) is 0 Å². The molecule has 0 radical (unpaired) electrons. The van der Waals surface area contributed by atoms with E-state index in [2.05, 4.69) is 32.7 Å². The fraction of sp³-hybridized carbons (Fsp3) is 0.909. The summed E-state index contributed by atoms with van der Waals surface area (Å²) < 4.78 is 6.21. The van der Waals surface area contributed by atoms with Crippen LogP contribution in [0.1, 0.15) is 25.7 Å². The van der Waals surface area contributed by atoms with E-state index in [4.69, 9.17) is 9.22 Å². The Bertz CT molecular complexity index is 222. The summed E-state index contributed by atoms with van der Waals surface area (Å²) in [6.07, 6.45) is 3.22. The fourth-order valence-electron chi connectivity index (χ4n) is 1.88. The van der Waals surface area contributed by atoms with Gasteiger partial charge in [0.15, 0.2) is 16.6 Å². The second-order valence-corrected chi connectivity index (χ2v) is 15.0. The number of carbonyl (C=O) groups is 1. The van der Waals surface area contributed by atoms with E-state index in [-0.39, 0.29) is 0 Å². The normalized spacial score (nSPS) is 12.8. The highest BCUT2D eigenvalue weighted by Gasteiger charge is 2.28. The zero-order valence-electron chi connectivity index (χ0n) is 11.3. The van der Waals surface area contributed by atoms with Crippen LogP contribution >= 0.6 is 0 Å². The van der Waals surface area contributed by atoms with Crippen molar-refractivity contribution in [1.82, 2.24) is 0 Å². The Morgan fingerprint density at radius 1 is 1.06 bits per heavy atom. The lowest BCUT2D eigenvalue weighted by molar-refractivity contribution is -0.137. The summed E-state index contributed by atoms with van der Waals surface area (Å²) in [4.78, 5) is 10.3. The van der Waals surface area contributed by atoms with Gasteiger partial charge in [-0.2, -0.15) is 0 Å². The van der Waals surface area contributed by atoms with E-state index in [0.717, 1.165) is 25.3 Å². The molecule has 0 aromatic carbocycles. The highest BCUT2D eigenvalue weighted by Crippen LogP contribution is 2.21. The van der Waals surface area contributed by atoms with Gasteiger partial charge in [-0.3, -0.25) is 4.79 Å². The van der Waals surface area contributed by atoms with Gasteiger partial charge in [0.25, 0.3) is 0 Å². The number of hydrogen-bond acceptors (Lipinski definition) is 2. The molecule has 96 valence electrons. The Morgan fingerprint density at radius 2 is 1.62 bits per heavy atom. The number of hydrogen-bond donors (Lipinski definition) is 1. The minimum absolute atomic E-state index is 0.302. The first-order chi connectivity index (χ1) is 7.12. The zero-order valence-corrected chi connectivity index (χ0v) is 13.3. The van der Waals surface area contributed by atoms with Crippen molar-refractivity contribution < 1.29 is 14.0 Å². The molecule has 0 amide bonds. The van der Waals surface area contributed by atoms with Crippen LogP contribution in [0.15, 0.2) is 0 Å². The first-order valence-electron chi connectivity index (χ1n) is 6.04. The minimum atomic E-state index is -1.50. The van der Waals surface area contributed by atoms with Crippen molar-refractivity contribution in [2.75, 3.05) is 0 Å². The highest BCUT2D eigenvalue weighted by atomic mass is 28.4. The third-order valence-corrected chi connectivity index (χ3v) is 8.47. The summed E-state index contributed by atoms with van der Waals surface area (Å²) in [5, 5.41) is 8.52. The molecule has 0 atom stereocenters. The molecule has 0 rings (SSSR count). The summed E-state index contributed by atoms with van der Waals surface area (Å²) in [5.74, 6) is -0.685. The molecule has 5 heteroatoms. The zero-order chi connectivity index (χ0) is 12.8. The standard InChI is InChI=1S/C11H26O3Si2/c1-15(2,3)14-16(4,5)10-8-6-7-9-11(12)13/h6-10H2,1-5H3,(H,12,13). The van der Waals surface area contributed by atoms with Crippen molar-refractivity contribution in [2.45, 2.75) is 64.5 Å². The Kier molecular flexibility index (Phi) is 6.51. The van der Waals surface area contributed by atoms with E-state index >= 15 is 0 Å². The van der Waals surface area contributed by atoms with Gasteiger partial charge < -0.3 is 9.22 Å². The van der Waals surface area contributed by atoms with Crippen LogP contribution in [-0.4, -0.2) is 27.7 Å². The van der Waals surface area contributed by atoms with Crippen molar-refractivity contribution in [3.63, 3.8) is 0 Å². The summed E-state index contributed by atoms with van der Waals surface area (Å²) in [7, 11) is -2.91. The second-order valence-electron chi connectivity index (χ2n) is 5.93. The van der Waals surface area contributed by atoms with Crippen molar-refractivity contribution >= 4 is 22.6 Å². The summed E-state index contributed by atoms with van der Waals surface area (Å²) in [6, 6.07) is 1.15. The quantitative estimate of drug-likeness (QED) is 0.536. The maximum absolute atomic E-state index is 10.3. The molecule has 16 heavy (non-hydrogen) atoms. The molecular formula is C11H26O3Si2. The smallest absolute Gasteiger partial charge is 0.303 e. The highest BCUT2D eigenvalue weighted by molar-refractivity contribution is 6.84. The van der Waals surface area contributed by atoms with Crippen LogP contribution in [-0.2, 0) is 8.91 Å². The summed E-state index contributed by atoms with van der Waals surface area (Å²) >= 11 is 0. The van der Waals surface area contributed by atoms with Gasteiger partial charge in [-0.15, -0.1) is 0 Å². The molecule has 0 aromatic heterocycles. The lowest BCUT2D eigenvalue weighted by Crippen LogP contribution is -2.42. The Morgan fingerprint density at radius 3 is 2.06 bits per heavy atom. The lowest BCUT2D eigenvalue weighted by atomic mass is 10.2. The van der Waals surface area contributed by atoms with Crippen molar-refractivity contribution in [1.29, 1.82) is 0 Å². The molecule has 3 nitrogen and oxygen atoms in total. The summed E-state index contributed by atoms with van der Waals surface area (Å²) in [5.41, 5.74) is 0. The second kappa shape index (κ2) is 6.56. The monoisotopic (exact) mass is 262 g/mol. The molecule has 0 bridgehead atoms. The maximum Gasteiger partial charge on any atom is 0.303 e. The number of rotatable bonds is 8. The number of aliphatic carboxylic acids is 1. The van der Waals surface area contributed by atoms with Crippen LogP contribution < -0.4 is 0 Å². The van der Waals surface area contributed by atoms with E-state index in [9.17, 15) is 4.79 Å². The topological polar surface area (TPSA) is 46.5 Å². The Balaban J connectivity index is 3.70. The Hall–Kier alpha value is -0.136. The maximum atomic E-state index is 10.3. The molecule has 0 spiro atoms. The van der Waals surface area contributed by atoms with Crippen LogP contribution in [0.5, 0.6) is 0 Å². The number of carboxylic acid groups (broad SMARTS) is 1. The van der Waals surface area contributed by atoms with Gasteiger partial charge in [0.1, 0.15) is 0 Å². The van der Waals surface area contributed by atoms with E-state index in [1.165, 1.54) is 0 Å². The SMILES string of the molecule is C[Si](C)(C)O[Si](C)(C)CCCCCC(=O)O. The predicted molar refractivity (Wildman–Crippen MR) is 72.8 cm³/mol. The summed E-state index contributed by atoms with van der Waals surface area (Å²) in [6.45, 7) is 11.2. The van der Waals surface area contributed by atoms with Crippen LogP contribution in [0.25, 0.3) is 0 Å². The average Bonchev–Trinajstić information content (AvgIpc) is 1.97. The first-order valence-corrected chi connectivity index (χ1v) is 12.6. The van der Waals surface area contributed by atoms with E-state index in [0.29, 0.717) is 6.42 Å². The van der Waals surface area contributed by atoms with Crippen molar-refractivity contribution in [3.8, 4) is 0 Å². The fourth-order valence-corrected chi connectivity index (χ4v) is 10.0. The third-order valence-electron chi connectivity index (χ3n) is 2.25. The van der Waals surface area contributed by atoms with Gasteiger partial charge >= 0.3 is 5.97 Å². The number of carboxylic acids is 1. The van der Waals surface area contributed by atoms with Gasteiger partial charge in [0, 0.05) is 6.42 Å². The van der Waals surface area contributed by atoms with E-state index in [1.807, 2.05) is 0 Å². The molecule has 0 aromatic rings. The molecule has 0 fully saturated rings. The van der Waals surface area contributed by atoms with Crippen LogP contribution in [0, 0.1) is 0 Å². The van der Waals surface area contributed by atoms with Crippen molar-refractivity contribution in [3.05, 3.63) is 0 Å². The molecule has 0 heterocycles. The van der Waals surface area contributed by atoms with Crippen LogP contribution in [0.4, 0.5) is 0 Å².